The van der Waals surface area contributed by atoms with Gasteiger partial charge in [-0.3, -0.25) is 14.5 Å². The van der Waals surface area contributed by atoms with Gasteiger partial charge in [0.15, 0.2) is 0 Å². The number of thioether (sulfide) groups is 1. The van der Waals surface area contributed by atoms with Crippen LogP contribution in [0.2, 0.25) is 10.0 Å². The highest BCUT2D eigenvalue weighted by molar-refractivity contribution is 7.98. The number of halogens is 2. The lowest BCUT2D eigenvalue weighted by Crippen LogP contribution is -2.54. The number of carboxylic acid groups (broad SMARTS) is 1. The average Bonchev–Trinajstić information content (AvgIpc) is 3.31. The van der Waals surface area contributed by atoms with E-state index in [1.807, 2.05) is 65.8 Å². The third-order valence-corrected chi connectivity index (χ3v) is 12.5. The van der Waals surface area contributed by atoms with Crippen molar-refractivity contribution in [3.05, 3.63) is 170 Å². The number of nitriles is 2. The number of aromatic nitrogens is 1. The second-order valence-electron chi connectivity index (χ2n) is 15.3. The number of carbonyl (C=O) groups is 3. The maximum Gasteiger partial charge on any atom is 0.326 e. The predicted octanol–water partition coefficient (Wildman–Crippen LogP) is 8.91. The first-order chi connectivity index (χ1) is 31.0. The molecule has 6 aromatic rings. The van der Waals surface area contributed by atoms with Crippen LogP contribution in [0, 0.1) is 22.7 Å². The SMILES string of the molecule is CSc1nc(CN2Cc3cc4c(cc3CC2C(=O)N[C@@H](Cc2ccc(-c3ccc(C#N)cc3)cc2)C(=O)O)NC(=O)[C@H](c2ccc(OCc3ccc(Cl)c(Cl)c3)cc2)O4)ccc1C#N. The molecule has 64 heavy (non-hydrogen) atoms. The first-order valence-corrected chi connectivity index (χ1v) is 22.1. The summed E-state index contributed by atoms with van der Waals surface area (Å²) in [5.41, 5.74) is 7.73. The monoisotopic (exact) mass is 908 g/mol. The number of hydrogen-bond donors (Lipinski definition) is 3. The highest BCUT2D eigenvalue weighted by Gasteiger charge is 2.37. The molecule has 0 fully saturated rings. The Morgan fingerprint density at radius 2 is 1.64 bits per heavy atom. The van der Waals surface area contributed by atoms with Gasteiger partial charge in [0.1, 0.15) is 35.2 Å². The molecule has 3 N–H and O–H groups in total. The summed E-state index contributed by atoms with van der Waals surface area (Å²) in [5, 5.41) is 36.3. The Hall–Kier alpha value is -6.87. The number of benzene rings is 5. The highest BCUT2D eigenvalue weighted by Crippen LogP contribution is 2.40. The van der Waals surface area contributed by atoms with Crippen LogP contribution < -0.4 is 20.1 Å². The Morgan fingerprint density at radius 3 is 2.31 bits per heavy atom. The van der Waals surface area contributed by atoms with Crippen LogP contribution in [0.1, 0.15) is 50.7 Å². The summed E-state index contributed by atoms with van der Waals surface area (Å²) in [6.07, 6.45) is 1.14. The van der Waals surface area contributed by atoms with Crippen molar-refractivity contribution in [3.63, 3.8) is 0 Å². The summed E-state index contributed by atoms with van der Waals surface area (Å²) in [6.45, 7) is 0.770. The molecule has 0 aliphatic carbocycles. The molecule has 15 heteroatoms. The molecule has 0 saturated heterocycles. The van der Waals surface area contributed by atoms with Gasteiger partial charge in [0.25, 0.3) is 5.91 Å². The largest absolute Gasteiger partial charge is 0.489 e. The molecule has 0 spiro atoms. The standard InChI is InChI=1S/C49H38Cl2N6O6S/c1-64-48-34(24-53)11-14-37(54-48)26-57-25-36-22-44-41(55-47(59)45(63-44)33-12-15-38(16-13-33)62-27-30-6-17-39(50)40(51)18-30)20-35(36)21-43(57)46(58)56-42(49(60)61)19-28-2-7-31(8-3-28)32-9-4-29(23-52)5-10-32/h2-18,20,22,42-43,45H,19,21,25-27H2,1H3,(H,55,59)(H,56,58)(H,60,61)/t42-,43?,45-/m0/s1. The number of anilines is 1. The summed E-state index contributed by atoms with van der Waals surface area (Å²) >= 11 is 13.5. The zero-order valence-electron chi connectivity index (χ0n) is 34.2. The Bertz CT molecular complexity index is 2850. The van der Waals surface area contributed by atoms with Crippen molar-refractivity contribution in [2.24, 2.45) is 0 Å². The third kappa shape index (κ3) is 9.84. The van der Waals surface area contributed by atoms with Gasteiger partial charge in [0.05, 0.1) is 44.7 Å². The van der Waals surface area contributed by atoms with Crippen molar-refractivity contribution in [1.82, 2.24) is 15.2 Å². The van der Waals surface area contributed by atoms with Gasteiger partial charge < -0.3 is 25.2 Å². The lowest BCUT2D eigenvalue weighted by molar-refractivity contribution is -0.142. The van der Waals surface area contributed by atoms with Gasteiger partial charge in [-0.1, -0.05) is 77.8 Å². The fourth-order valence-corrected chi connectivity index (χ4v) is 8.58. The molecule has 1 aromatic heterocycles. The molecule has 8 rings (SSSR count). The molecule has 2 aliphatic rings. The minimum absolute atomic E-state index is 0.0405. The first kappa shape index (κ1) is 43.8. The van der Waals surface area contributed by atoms with E-state index < -0.39 is 30.1 Å². The van der Waals surface area contributed by atoms with Crippen molar-refractivity contribution in [2.75, 3.05) is 11.6 Å². The van der Waals surface area contributed by atoms with Crippen LogP contribution in [0.5, 0.6) is 11.5 Å². The number of fused-ring (bicyclic) bond motifs is 2. The number of amides is 2. The van der Waals surface area contributed by atoms with Gasteiger partial charge in [0, 0.05) is 25.1 Å². The molecule has 2 amide bonds. The third-order valence-electron chi connectivity index (χ3n) is 11.1. The van der Waals surface area contributed by atoms with E-state index in [1.165, 1.54) is 11.8 Å². The quantitative estimate of drug-likeness (QED) is 0.0943. The number of carboxylic acids is 1. The van der Waals surface area contributed by atoms with Crippen LogP contribution in [0.4, 0.5) is 5.69 Å². The van der Waals surface area contributed by atoms with Crippen LogP contribution in [-0.2, 0) is 46.9 Å². The van der Waals surface area contributed by atoms with E-state index in [4.69, 9.17) is 42.9 Å². The number of ether oxygens (including phenoxy) is 2. The average molecular weight is 910 g/mol. The Kier molecular flexibility index (Phi) is 13.2. The van der Waals surface area contributed by atoms with E-state index in [0.29, 0.717) is 60.2 Å². The molecule has 3 atom stereocenters. The van der Waals surface area contributed by atoms with Gasteiger partial charge in [-0.15, -0.1) is 11.8 Å². The van der Waals surface area contributed by atoms with Gasteiger partial charge in [0.2, 0.25) is 12.0 Å². The topological polar surface area (TPSA) is 178 Å². The molecule has 0 bridgehead atoms. The predicted molar refractivity (Wildman–Crippen MR) is 243 cm³/mol. The first-order valence-electron chi connectivity index (χ1n) is 20.1. The zero-order valence-corrected chi connectivity index (χ0v) is 36.5. The van der Waals surface area contributed by atoms with Crippen LogP contribution in [0.25, 0.3) is 11.1 Å². The lowest BCUT2D eigenvalue weighted by Gasteiger charge is -2.37. The smallest absolute Gasteiger partial charge is 0.326 e. The second-order valence-corrected chi connectivity index (χ2v) is 16.9. The number of aliphatic carboxylic acids is 1. The number of carbonyl (C=O) groups excluding carboxylic acids is 2. The van der Waals surface area contributed by atoms with E-state index in [9.17, 15) is 24.8 Å². The van der Waals surface area contributed by atoms with Crippen LogP contribution in [-0.4, -0.2) is 51.1 Å². The minimum atomic E-state index is -1.23. The zero-order chi connectivity index (χ0) is 44.9. The van der Waals surface area contributed by atoms with Crippen molar-refractivity contribution >= 4 is 58.4 Å². The Labute approximate surface area is 383 Å². The summed E-state index contributed by atoms with van der Waals surface area (Å²) in [6, 6.07) is 36.3. The minimum Gasteiger partial charge on any atom is -0.489 e. The van der Waals surface area contributed by atoms with E-state index in [1.54, 1.807) is 60.7 Å². The maximum atomic E-state index is 14.3. The van der Waals surface area contributed by atoms with Gasteiger partial charge >= 0.3 is 5.97 Å². The molecule has 12 nitrogen and oxygen atoms in total. The maximum absolute atomic E-state index is 14.3. The molecular weight excluding hydrogens is 872 g/mol. The summed E-state index contributed by atoms with van der Waals surface area (Å²) in [7, 11) is 0. The van der Waals surface area contributed by atoms with Crippen molar-refractivity contribution < 1.29 is 29.0 Å². The molecule has 2 aliphatic heterocycles. The summed E-state index contributed by atoms with van der Waals surface area (Å²) in [5.74, 6) is -0.976. The number of rotatable bonds is 13. The normalized spacial score (nSPS) is 15.9. The lowest BCUT2D eigenvalue weighted by atomic mass is 9.91. The van der Waals surface area contributed by atoms with Gasteiger partial charge in [-0.05, 0) is 107 Å². The summed E-state index contributed by atoms with van der Waals surface area (Å²) in [4.78, 5) is 47.1. The Balaban J connectivity index is 1.01. The van der Waals surface area contributed by atoms with E-state index in [-0.39, 0.29) is 38.4 Å². The molecule has 0 radical (unpaired) electrons. The van der Waals surface area contributed by atoms with Crippen LogP contribution >= 0.6 is 35.0 Å². The van der Waals surface area contributed by atoms with Crippen molar-refractivity contribution in [2.45, 2.75) is 55.8 Å². The number of nitrogens with one attached hydrogen (secondary N) is 2. The second kappa shape index (κ2) is 19.3. The Morgan fingerprint density at radius 1 is 0.922 bits per heavy atom. The molecule has 320 valence electrons. The molecule has 3 heterocycles. The van der Waals surface area contributed by atoms with E-state index in [2.05, 4.69) is 22.8 Å². The molecule has 0 saturated carbocycles. The van der Waals surface area contributed by atoms with Gasteiger partial charge in [-0.2, -0.15) is 10.5 Å². The van der Waals surface area contributed by atoms with Crippen molar-refractivity contribution in [1.29, 1.82) is 10.5 Å². The van der Waals surface area contributed by atoms with Crippen LogP contribution in [0.3, 0.4) is 0 Å². The van der Waals surface area contributed by atoms with Crippen LogP contribution in [0.15, 0.2) is 120 Å². The molecular formula is C49H38Cl2N6O6S. The molecule has 5 aromatic carbocycles. The van der Waals surface area contributed by atoms with E-state index in [0.717, 1.165) is 27.8 Å². The number of pyridine rings is 1. The highest BCUT2D eigenvalue weighted by atomic mass is 35.5. The van der Waals surface area contributed by atoms with Gasteiger partial charge in [-0.25, -0.2) is 9.78 Å². The fraction of sp³-hybridized carbons (Fsp3) is 0.184. The summed E-state index contributed by atoms with van der Waals surface area (Å²) < 4.78 is 12.3. The number of nitrogens with zero attached hydrogens (tertiary/aromatic N) is 4. The van der Waals surface area contributed by atoms with E-state index >= 15 is 0 Å². The van der Waals surface area contributed by atoms with Crippen molar-refractivity contribution in [3.8, 4) is 34.8 Å². The number of hydrogen-bond acceptors (Lipinski definition) is 10. The fourth-order valence-electron chi connectivity index (χ4n) is 7.71. The molecule has 1 unspecified atom stereocenters.